The molecule has 7 heteroatoms. The van der Waals surface area contributed by atoms with Gasteiger partial charge in [-0.05, 0) is 60.7 Å². The fourth-order valence-corrected chi connectivity index (χ4v) is 6.25. The predicted octanol–water partition coefficient (Wildman–Crippen LogP) is 8.68. The molecule has 3 rings (SSSR count). The third kappa shape index (κ3) is 9.12. The molecule has 37 heavy (non-hydrogen) atoms. The summed E-state index contributed by atoms with van der Waals surface area (Å²) in [4.78, 5) is 12.9. The number of rotatable bonds is 6. The summed E-state index contributed by atoms with van der Waals surface area (Å²) in [6.07, 6.45) is 4.16. The maximum absolute atomic E-state index is 14.9. The molecule has 0 saturated carbocycles. The number of carbonyl (C=O) groups is 1. The lowest BCUT2D eigenvalue weighted by molar-refractivity contribution is 0.114. The quantitative estimate of drug-likeness (QED) is 0.364. The summed E-state index contributed by atoms with van der Waals surface area (Å²) in [6, 6.07) is 8.95. The Balaban J connectivity index is 0.000000873. The van der Waals surface area contributed by atoms with E-state index in [2.05, 4.69) is 43.2 Å². The van der Waals surface area contributed by atoms with Gasteiger partial charge >= 0.3 is 6.09 Å². The van der Waals surface area contributed by atoms with Gasteiger partial charge in [-0.2, -0.15) is 0 Å². The summed E-state index contributed by atoms with van der Waals surface area (Å²) in [5.41, 5.74) is 3.74. The Kier molecular flexibility index (Phi) is 15.1. The zero-order chi connectivity index (χ0) is 28.1. The largest absolute Gasteiger partial charge is 0.448 e. The van der Waals surface area contributed by atoms with E-state index in [0.29, 0.717) is 12.1 Å². The van der Waals surface area contributed by atoms with Crippen LogP contribution in [0, 0.1) is 19.7 Å². The topological polar surface area (TPSA) is 41.6 Å². The van der Waals surface area contributed by atoms with Gasteiger partial charge in [0.05, 0.1) is 6.04 Å². The highest BCUT2D eigenvalue weighted by Gasteiger charge is 2.34. The zero-order valence-corrected chi connectivity index (χ0v) is 25.5. The van der Waals surface area contributed by atoms with Gasteiger partial charge in [0.1, 0.15) is 12.4 Å². The minimum atomic E-state index is -0.508. The molecule has 1 amide bonds. The van der Waals surface area contributed by atoms with Crippen molar-refractivity contribution in [2.45, 2.75) is 91.0 Å². The van der Waals surface area contributed by atoms with Gasteiger partial charge in [0.15, 0.2) is 0 Å². The molecule has 2 aromatic rings. The standard InChI is InChI=1S/C23H28ClFN2O2S.C4H10.C3H8/c1-14-9-10-19(25)22(15(14)2)16(3)20(13-29-23(28)26-4)27-12-11-17-18(24)7-6-8-21(17)30(27)5;1-3-4-2;1-3-2/h6-10,16,20H,5,11-13H2,1-4H3,(H,26,28);3-4H2,1-2H3;3H2,1-2H3. The molecule has 0 saturated heterocycles. The maximum atomic E-state index is 14.9. The average Bonchev–Trinajstić information content (AvgIpc) is 2.88. The SMILES string of the molecule is C=S1c2cccc(Cl)c2CCN1C(COC(=O)NC)C(C)c1c(F)ccc(C)c1C.CCC.CCCC. The zero-order valence-electron chi connectivity index (χ0n) is 23.9. The Morgan fingerprint density at radius 3 is 2.38 bits per heavy atom. The van der Waals surface area contributed by atoms with E-state index in [0.717, 1.165) is 33.0 Å². The molecule has 2 aromatic carbocycles. The van der Waals surface area contributed by atoms with Crippen LogP contribution in [0.4, 0.5) is 9.18 Å². The molecule has 1 aliphatic heterocycles. The van der Waals surface area contributed by atoms with Crippen LogP contribution < -0.4 is 5.32 Å². The molecule has 0 fully saturated rings. The Morgan fingerprint density at radius 1 is 1.19 bits per heavy atom. The lowest BCUT2D eigenvalue weighted by atomic mass is 9.88. The van der Waals surface area contributed by atoms with E-state index in [1.807, 2.05) is 39.0 Å². The molecule has 1 heterocycles. The van der Waals surface area contributed by atoms with Crippen molar-refractivity contribution >= 4 is 34.2 Å². The van der Waals surface area contributed by atoms with E-state index in [1.54, 1.807) is 6.07 Å². The number of aryl methyl sites for hydroxylation is 1. The summed E-state index contributed by atoms with van der Waals surface area (Å²) in [6.45, 7) is 15.4. The lowest BCUT2D eigenvalue weighted by Crippen LogP contribution is -2.43. The van der Waals surface area contributed by atoms with Crippen molar-refractivity contribution in [2.75, 3.05) is 20.2 Å². The highest BCUT2D eigenvalue weighted by Crippen LogP contribution is 2.43. The molecule has 1 N–H and O–H groups in total. The number of carbonyl (C=O) groups excluding carboxylic acids is 1. The fraction of sp³-hybridized carbons (Fsp3) is 0.533. The monoisotopic (exact) mass is 552 g/mol. The van der Waals surface area contributed by atoms with Crippen molar-refractivity contribution in [3.05, 3.63) is 63.4 Å². The van der Waals surface area contributed by atoms with Crippen LogP contribution in [0.5, 0.6) is 0 Å². The minimum Gasteiger partial charge on any atom is -0.448 e. The molecule has 208 valence electrons. The van der Waals surface area contributed by atoms with E-state index in [4.69, 9.17) is 16.3 Å². The van der Waals surface area contributed by atoms with E-state index in [1.165, 1.54) is 32.4 Å². The Hall–Kier alpha value is -1.89. The molecule has 3 unspecified atom stereocenters. The number of hydrogen-bond acceptors (Lipinski definition) is 3. The lowest BCUT2D eigenvalue weighted by Gasteiger charge is -2.40. The highest BCUT2D eigenvalue weighted by atomic mass is 35.5. The van der Waals surface area contributed by atoms with Gasteiger partial charge in [-0.3, -0.25) is 0 Å². The van der Waals surface area contributed by atoms with Crippen LogP contribution in [0.1, 0.15) is 82.1 Å². The van der Waals surface area contributed by atoms with Crippen molar-refractivity contribution in [3.8, 4) is 0 Å². The number of ether oxygens (including phenoxy) is 1. The van der Waals surface area contributed by atoms with Crippen LogP contribution >= 0.6 is 22.3 Å². The smallest absolute Gasteiger partial charge is 0.406 e. The molecule has 3 atom stereocenters. The number of fused-ring (bicyclic) bond motifs is 1. The maximum Gasteiger partial charge on any atom is 0.406 e. The summed E-state index contributed by atoms with van der Waals surface area (Å²) < 4.78 is 22.6. The molecule has 0 radical (unpaired) electrons. The molecule has 4 nitrogen and oxygen atoms in total. The van der Waals surface area contributed by atoms with Crippen molar-refractivity contribution in [1.82, 2.24) is 9.62 Å². The number of alkyl carbamates (subject to hydrolysis) is 1. The summed E-state index contributed by atoms with van der Waals surface area (Å²) >= 11 is 6.40. The third-order valence-electron chi connectivity index (χ3n) is 6.42. The van der Waals surface area contributed by atoms with Crippen molar-refractivity contribution < 1.29 is 13.9 Å². The summed E-state index contributed by atoms with van der Waals surface area (Å²) in [5.74, 6) is 3.98. The predicted molar refractivity (Wildman–Crippen MR) is 160 cm³/mol. The molecule has 0 aliphatic carbocycles. The second-order valence-electron chi connectivity index (χ2n) is 9.29. The van der Waals surface area contributed by atoms with Gasteiger partial charge in [-0.25, -0.2) is 13.5 Å². The van der Waals surface area contributed by atoms with Gasteiger partial charge in [0.25, 0.3) is 0 Å². The van der Waals surface area contributed by atoms with Crippen molar-refractivity contribution in [3.63, 3.8) is 0 Å². The van der Waals surface area contributed by atoms with Gasteiger partial charge in [0.2, 0.25) is 0 Å². The first-order valence-corrected chi connectivity index (χ1v) is 15.0. The second-order valence-corrected chi connectivity index (χ2v) is 11.3. The van der Waals surface area contributed by atoms with Crippen molar-refractivity contribution in [2.24, 2.45) is 0 Å². The van der Waals surface area contributed by atoms with Crippen LogP contribution in [0.15, 0.2) is 35.2 Å². The molecule has 1 aliphatic rings. The number of nitrogens with one attached hydrogen (secondary N) is 1. The number of amides is 1. The molecule has 0 aromatic heterocycles. The van der Waals surface area contributed by atoms with Crippen LogP contribution in [0.3, 0.4) is 0 Å². The van der Waals surface area contributed by atoms with Gasteiger partial charge in [-0.15, -0.1) is 0 Å². The van der Waals surface area contributed by atoms with Crippen LogP contribution in [0.2, 0.25) is 5.02 Å². The van der Waals surface area contributed by atoms with Crippen LogP contribution in [0.25, 0.3) is 0 Å². The number of unbranched alkanes of at least 4 members (excludes halogenated alkanes) is 1. The second kappa shape index (κ2) is 16.8. The van der Waals surface area contributed by atoms with E-state index in [-0.39, 0.29) is 24.4 Å². The number of nitrogens with zero attached hydrogens (tertiary/aromatic N) is 1. The van der Waals surface area contributed by atoms with E-state index >= 15 is 0 Å². The molecule has 0 bridgehead atoms. The third-order valence-corrected chi connectivity index (χ3v) is 8.68. The number of hydrogen-bond donors (Lipinski definition) is 1. The van der Waals surface area contributed by atoms with E-state index < -0.39 is 16.8 Å². The van der Waals surface area contributed by atoms with Gasteiger partial charge in [-0.1, -0.05) is 94.2 Å². The van der Waals surface area contributed by atoms with E-state index in [9.17, 15) is 9.18 Å². The molecule has 0 spiro atoms. The first-order valence-electron chi connectivity index (χ1n) is 13.3. The number of halogens is 2. The fourth-order valence-electron chi connectivity index (χ4n) is 4.06. The molecular weight excluding hydrogens is 507 g/mol. The Morgan fingerprint density at radius 2 is 1.81 bits per heavy atom. The van der Waals surface area contributed by atoms with Crippen molar-refractivity contribution in [1.29, 1.82) is 0 Å². The van der Waals surface area contributed by atoms with Gasteiger partial charge in [0, 0.05) is 29.4 Å². The van der Waals surface area contributed by atoms with Gasteiger partial charge < -0.3 is 10.1 Å². The Labute approximate surface area is 232 Å². The first-order chi connectivity index (χ1) is 17.6. The summed E-state index contributed by atoms with van der Waals surface area (Å²) in [7, 11) is 1.02. The van der Waals surface area contributed by atoms with Crippen LogP contribution in [-0.2, 0) is 11.2 Å². The Bertz CT molecular complexity index is 1030. The average molecular weight is 553 g/mol. The minimum absolute atomic E-state index is 0.141. The molecular formula is C30H46ClFN2O2S. The first kappa shape index (κ1) is 33.1. The van der Waals surface area contributed by atoms with Crippen LogP contribution in [-0.4, -0.2) is 42.5 Å². The highest BCUT2D eigenvalue weighted by molar-refractivity contribution is 8.12. The normalized spacial score (nSPS) is 16.2. The number of benzene rings is 2. The summed E-state index contributed by atoms with van der Waals surface area (Å²) in [5, 5.41) is 3.23.